The molecule has 0 aromatic heterocycles. The van der Waals surface area contributed by atoms with Gasteiger partial charge in [-0.1, -0.05) is 76.2 Å². The Bertz CT molecular complexity index is 447. The molecular formula is C21H51N2O7P. The van der Waals surface area contributed by atoms with Crippen LogP contribution in [0.3, 0.4) is 0 Å². The first-order valence-corrected chi connectivity index (χ1v) is 12.8. The minimum atomic E-state index is -4.18. The predicted molar refractivity (Wildman–Crippen MR) is 129 cm³/mol. The number of aliphatic hydroxyl groups excluding tert-OH is 1. The highest BCUT2D eigenvalue weighted by atomic mass is 31.2. The first kappa shape index (κ1) is 40.4. The average Bonchev–Trinajstić information content (AvgIpc) is 2.81. The van der Waals surface area contributed by atoms with Crippen molar-refractivity contribution in [1.29, 1.82) is 0 Å². The number of carbonyl (C=O) groups is 2. The van der Waals surface area contributed by atoms with E-state index in [0.29, 0.717) is 6.54 Å². The topological polar surface area (TPSA) is 134 Å². The van der Waals surface area contributed by atoms with Crippen molar-refractivity contribution in [2.75, 3.05) is 26.8 Å². The van der Waals surface area contributed by atoms with Gasteiger partial charge in [-0.05, 0) is 6.42 Å². The molecule has 0 aliphatic carbocycles. The van der Waals surface area contributed by atoms with Crippen molar-refractivity contribution in [3.8, 4) is 0 Å². The van der Waals surface area contributed by atoms with Crippen molar-refractivity contribution >= 4 is 19.6 Å². The molecule has 2 atom stereocenters. The van der Waals surface area contributed by atoms with Gasteiger partial charge in [0.15, 0.2) is 0 Å². The highest BCUT2D eigenvalue weighted by molar-refractivity contribution is 7.47. The van der Waals surface area contributed by atoms with Gasteiger partial charge >= 0.3 is 7.82 Å². The molecule has 0 heterocycles. The van der Waals surface area contributed by atoms with Crippen LogP contribution in [-0.4, -0.2) is 54.7 Å². The number of carbonyl (C=O) groups excluding carboxylic acids is 2. The maximum atomic E-state index is 11.9. The summed E-state index contributed by atoms with van der Waals surface area (Å²) in [4.78, 5) is 32.4. The zero-order chi connectivity index (χ0) is 26.1. The Morgan fingerprint density at radius 1 is 0.968 bits per heavy atom. The molecule has 31 heavy (non-hydrogen) atoms. The Labute approximate surface area is 191 Å². The molecule has 0 bridgehead atoms. The fourth-order valence-electron chi connectivity index (χ4n) is 1.48. The van der Waals surface area contributed by atoms with Gasteiger partial charge in [-0.2, -0.15) is 0 Å². The third kappa shape index (κ3) is 25.1. The standard InChI is InChI=1S/C13H27N2O7P.4C2H6/c1-5-7-14-10(16)6-8-15-12(18)11(17)13(2,3)9-22-23(19,20)21-4;4*1-2/h11,17H,5-9H2,1-4H3,(H,14,16)(H,15,18)(H,19,20);4*1-2H3. The number of nitrogens with one attached hydrogen (secondary N) is 2. The molecule has 0 rings (SSSR count). The minimum Gasteiger partial charge on any atom is -0.383 e. The van der Waals surface area contributed by atoms with Crippen LogP contribution >= 0.6 is 7.82 Å². The van der Waals surface area contributed by atoms with Gasteiger partial charge in [0.05, 0.1) is 6.61 Å². The Morgan fingerprint density at radius 3 is 1.81 bits per heavy atom. The molecule has 2 unspecified atom stereocenters. The lowest BCUT2D eigenvalue weighted by Crippen LogP contribution is -2.46. The third-order valence-electron chi connectivity index (χ3n) is 3.04. The third-order valence-corrected chi connectivity index (χ3v) is 3.96. The van der Waals surface area contributed by atoms with Crippen LogP contribution < -0.4 is 10.6 Å². The summed E-state index contributed by atoms with van der Waals surface area (Å²) in [5.41, 5.74) is -1.12. The van der Waals surface area contributed by atoms with Crippen molar-refractivity contribution in [2.24, 2.45) is 5.41 Å². The van der Waals surface area contributed by atoms with Gasteiger partial charge in [0.2, 0.25) is 11.8 Å². The molecule has 192 valence electrons. The summed E-state index contributed by atoms with van der Waals surface area (Å²) in [6.07, 6.45) is -0.551. The number of hydrogen-bond donors (Lipinski definition) is 4. The van der Waals surface area contributed by atoms with E-state index in [1.54, 1.807) is 0 Å². The van der Waals surface area contributed by atoms with E-state index in [1.165, 1.54) is 13.8 Å². The molecule has 0 radical (unpaired) electrons. The first-order chi connectivity index (χ1) is 14.6. The number of phosphoric ester groups is 1. The van der Waals surface area contributed by atoms with E-state index in [1.807, 2.05) is 62.3 Å². The van der Waals surface area contributed by atoms with Gasteiger partial charge in [-0.3, -0.25) is 18.6 Å². The Balaban J connectivity index is -0.000000250. The highest BCUT2D eigenvalue weighted by Crippen LogP contribution is 2.43. The zero-order valence-corrected chi connectivity index (χ0v) is 22.9. The largest absolute Gasteiger partial charge is 0.471 e. The Morgan fingerprint density at radius 2 is 1.42 bits per heavy atom. The van der Waals surface area contributed by atoms with Crippen molar-refractivity contribution < 1.29 is 33.2 Å². The lowest BCUT2D eigenvalue weighted by atomic mass is 9.87. The summed E-state index contributed by atoms with van der Waals surface area (Å²) in [6, 6.07) is 0. The van der Waals surface area contributed by atoms with Crippen LogP contribution in [-0.2, 0) is 23.2 Å². The first-order valence-electron chi connectivity index (χ1n) is 11.3. The number of aliphatic hydroxyl groups is 1. The van der Waals surface area contributed by atoms with Crippen LogP contribution in [0.1, 0.15) is 89.0 Å². The minimum absolute atomic E-state index is 0.0823. The summed E-state index contributed by atoms with van der Waals surface area (Å²) in [5, 5.41) is 15.1. The maximum Gasteiger partial charge on any atom is 0.471 e. The molecule has 2 amide bonds. The fraction of sp³-hybridized carbons (Fsp3) is 0.905. The van der Waals surface area contributed by atoms with Gasteiger partial charge in [-0.25, -0.2) is 4.57 Å². The highest BCUT2D eigenvalue weighted by Gasteiger charge is 2.36. The molecule has 0 fully saturated rings. The van der Waals surface area contributed by atoms with Crippen molar-refractivity contribution in [3.63, 3.8) is 0 Å². The zero-order valence-electron chi connectivity index (χ0n) is 22.0. The molecule has 0 aromatic rings. The van der Waals surface area contributed by atoms with Crippen LogP contribution in [0.25, 0.3) is 0 Å². The van der Waals surface area contributed by atoms with E-state index in [-0.39, 0.29) is 25.5 Å². The summed E-state index contributed by atoms with van der Waals surface area (Å²) in [5.74, 6) is -0.877. The van der Waals surface area contributed by atoms with Gasteiger partial charge in [0, 0.05) is 32.0 Å². The van der Waals surface area contributed by atoms with Gasteiger partial charge in [0.1, 0.15) is 6.10 Å². The monoisotopic (exact) mass is 474 g/mol. The van der Waals surface area contributed by atoms with Crippen LogP contribution in [0.2, 0.25) is 0 Å². The average molecular weight is 475 g/mol. The summed E-state index contributed by atoms with van der Waals surface area (Å²) in [7, 11) is -3.17. The Hall–Kier alpha value is -0.990. The second-order valence-electron chi connectivity index (χ2n) is 5.71. The second kappa shape index (κ2) is 27.0. The molecule has 4 N–H and O–H groups in total. The summed E-state index contributed by atoms with van der Waals surface area (Å²) >= 11 is 0. The summed E-state index contributed by atoms with van der Waals surface area (Å²) in [6.45, 7) is 21.2. The predicted octanol–water partition coefficient (Wildman–Crippen LogP) is 4.27. The molecule has 0 saturated carbocycles. The van der Waals surface area contributed by atoms with Crippen molar-refractivity contribution in [1.82, 2.24) is 10.6 Å². The van der Waals surface area contributed by atoms with E-state index in [2.05, 4.69) is 19.7 Å². The maximum absolute atomic E-state index is 11.9. The van der Waals surface area contributed by atoms with E-state index in [4.69, 9.17) is 4.89 Å². The van der Waals surface area contributed by atoms with Crippen molar-refractivity contribution in [2.45, 2.75) is 95.1 Å². The molecule has 0 spiro atoms. The molecule has 0 aromatic carbocycles. The molecule has 9 nitrogen and oxygen atoms in total. The normalized spacial score (nSPS) is 12.3. The number of amides is 2. The summed E-state index contributed by atoms with van der Waals surface area (Å²) < 4.78 is 20.2. The Kier molecular flexibility index (Phi) is 35.2. The van der Waals surface area contributed by atoms with E-state index in [9.17, 15) is 19.3 Å². The lowest BCUT2D eigenvalue weighted by molar-refractivity contribution is -0.137. The molecule has 0 aliphatic heterocycles. The smallest absolute Gasteiger partial charge is 0.383 e. The van der Waals surface area contributed by atoms with E-state index < -0.39 is 25.2 Å². The van der Waals surface area contributed by atoms with E-state index in [0.717, 1.165) is 13.5 Å². The van der Waals surface area contributed by atoms with Crippen LogP contribution in [0.5, 0.6) is 0 Å². The van der Waals surface area contributed by atoms with Crippen LogP contribution in [0.15, 0.2) is 0 Å². The number of hydrogen-bond acceptors (Lipinski definition) is 6. The van der Waals surface area contributed by atoms with Crippen molar-refractivity contribution in [3.05, 3.63) is 0 Å². The van der Waals surface area contributed by atoms with Gasteiger partial charge in [0.25, 0.3) is 0 Å². The van der Waals surface area contributed by atoms with Gasteiger partial charge in [-0.15, -0.1) is 0 Å². The van der Waals surface area contributed by atoms with Crippen LogP contribution in [0.4, 0.5) is 0 Å². The number of phosphoric acid groups is 1. The molecule has 0 aliphatic rings. The molecule has 10 heteroatoms. The fourth-order valence-corrected chi connectivity index (χ4v) is 2.08. The SMILES string of the molecule is CC.CC.CC.CC.CCCNC(=O)CCNC(=O)C(O)C(C)(C)COP(=O)(O)OC. The molecule has 0 saturated heterocycles. The second-order valence-corrected chi connectivity index (χ2v) is 7.27. The van der Waals surface area contributed by atoms with Gasteiger partial charge < -0.3 is 20.6 Å². The quantitative estimate of drug-likeness (QED) is 0.328. The molecular weight excluding hydrogens is 423 g/mol. The number of rotatable bonds is 11. The lowest BCUT2D eigenvalue weighted by Gasteiger charge is -2.29. The van der Waals surface area contributed by atoms with E-state index >= 15 is 0 Å². The van der Waals surface area contributed by atoms with Crippen LogP contribution in [0, 0.1) is 5.41 Å².